The van der Waals surface area contributed by atoms with Crippen LogP contribution in [0, 0.1) is 17.0 Å². The van der Waals surface area contributed by atoms with E-state index >= 15 is 0 Å². The second-order valence-electron chi connectivity index (χ2n) is 7.33. The van der Waals surface area contributed by atoms with E-state index in [1.807, 2.05) is 6.92 Å². The Labute approximate surface area is 178 Å². The molecule has 7 heteroatoms. The van der Waals surface area contributed by atoms with E-state index in [1.54, 1.807) is 20.2 Å². The highest BCUT2D eigenvalue weighted by Crippen LogP contribution is 2.40. The number of hydrogen-bond acceptors (Lipinski definition) is 2. The average Bonchev–Trinajstić information content (AvgIpc) is 3.11. The van der Waals surface area contributed by atoms with E-state index in [-0.39, 0.29) is 35.3 Å². The minimum absolute atomic E-state index is 0. The predicted octanol–water partition coefficient (Wildman–Crippen LogP) is 4.45. The molecular weight excluding hydrogens is 463 g/mol. The molecule has 0 heterocycles. The number of methoxy groups -OCH3 is 1. The van der Waals surface area contributed by atoms with Gasteiger partial charge in [-0.15, -0.1) is 24.0 Å². The van der Waals surface area contributed by atoms with Crippen molar-refractivity contribution in [2.75, 3.05) is 33.9 Å². The van der Waals surface area contributed by atoms with Crippen molar-refractivity contribution in [2.24, 2.45) is 10.4 Å². The third kappa shape index (κ3) is 7.18. The number of benzene rings is 1. The standard InChI is InChI=1S/C20H31F2N3O.HI/c1-15(16-6-7-17(21)18(22)12-16)13-24-19(23-2)25-14-20(10-11-26-3)8-4-5-9-20;/h6-7,12,15H,4-5,8-11,13-14H2,1-3H3,(H2,23,24,25);1H. The largest absolute Gasteiger partial charge is 0.385 e. The molecule has 1 atom stereocenters. The first-order valence-corrected chi connectivity index (χ1v) is 9.38. The molecule has 0 aliphatic heterocycles. The highest BCUT2D eigenvalue weighted by molar-refractivity contribution is 14.0. The zero-order valence-corrected chi connectivity index (χ0v) is 18.8. The lowest BCUT2D eigenvalue weighted by atomic mass is 9.83. The predicted molar refractivity (Wildman–Crippen MR) is 117 cm³/mol. The number of rotatable bonds is 8. The maximum atomic E-state index is 13.4. The lowest BCUT2D eigenvalue weighted by Gasteiger charge is -2.30. The molecule has 4 nitrogen and oxygen atoms in total. The molecule has 1 aromatic carbocycles. The van der Waals surface area contributed by atoms with Gasteiger partial charge < -0.3 is 15.4 Å². The second kappa shape index (κ2) is 11.8. The summed E-state index contributed by atoms with van der Waals surface area (Å²) >= 11 is 0. The van der Waals surface area contributed by atoms with Crippen molar-refractivity contribution in [3.63, 3.8) is 0 Å². The summed E-state index contributed by atoms with van der Waals surface area (Å²) < 4.78 is 31.8. The maximum Gasteiger partial charge on any atom is 0.191 e. The van der Waals surface area contributed by atoms with E-state index < -0.39 is 11.6 Å². The molecule has 1 unspecified atom stereocenters. The van der Waals surface area contributed by atoms with Gasteiger partial charge in [0.2, 0.25) is 0 Å². The second-order valence-corrected chi connectivity index (χ2v) is 7.33. The van der Waals surface area contributed by atoms with E-state index in [9.17, 15) is 8.78 Å². The first-order chi connectivity index (χ1) is 12.5. The van der Waals surface area contributed by atoms with Crippen molar-refractivity contribution < 1.29 is 13.5 Å². The first-order valence-electron chi connectivity index (χ1n) is 9.38. The van der Waals surface area contributed by atoms with Gasteiger partial charge in [-0.2, -0.15) is 0 Å². The van der Waals surface area contributed by atoms with E-state index in [4.69, 9.17) is 4.74 Å². The van der Waals surface area contributed by atoms with Crippen molar-refractivity contribution in [1.29, 1.82) is 0 Å². The van der Waals surface area contributed by atoms with Crippen molar-refractivity contribution in [1.82, 2.24) is 10.6 Å². The van der Waals surface area contributed by atoms with Crippen LogP contribution in [0.2, 0.25) is 0 Å². The van der Waals surface area contributed by atoms with Gasteiger partial charge in [-0.3, -0.25) is 4.99 Å². The van der Waals surface area contributed by atoms with Crippen molar-refractivity contribution in [3.05, 3.63) is 35.4 Å². The Kier molecular flexibility index (Phi) is 10.5. The average molecular weight is 495 g/mol. The van der Waals surface area contributed by atoms with Gasteiger partial charge >= 0.3 is 0 Å². The van der Waals surface area contributed by atoms with Gasteiger partial charge in [0, 0.05) is 33.9 Å². The van der Waals surface area contributed by atoms with Gasteiger partial charge in [-0.25, -0.2) is 8.78 Å². The van der Waals surface area contributed by atoms with Crippen LogP contribution in [0.1, 0.15) is 50.5 Å². The number of hydrogen-bond donors (Lipinski definition) is 2. The van der Waals surface area contributed by atoms with Gasteiger partial charge in [0.05, 0.1) is 0 Å². The number of ether oxygens (including phenoxy) is 1. The van der Waals surface area contributed by atoms with Crippen LogP contribution < -0.4 is 10.6 Å². The molecule has 0 aromatic heterocycles. The van der Waals surface area contributed by atoms with Gasteiger partial charge in [-0.1, -0.05) is 25.8 Å². The summed E-state index contributed by atoms with van der Waals surface area (Å²) in [6, 6.07) is 4.06. The van der Waals surface area contributed by atoms with Crippen LogP contribution in [0.5, 0.6) is 0 Å². The molecular formula is C20H32F2IN3O. The fourth-order valence-corrected chi connectivity index (χ4v) is 3.64. The zero-order chi connectivity index (χ0) is 19.0. The van der Waals surface area contributed by atoms with Gasteiger partial charge in [0.25, 0.3) is 0 Å². The fraction of sp³-hybridized carbons (Fsp3) is 0.650. The van der Waals surface area contributed by atoms with Gasteiger partial charge in [0.1, 0.15) is 0 Å². The maximum absolute atomic E-state index is 13.4. The Morgan fingerprint density at radius 2 is 1.93 bits per heavy atom. The molecule has 1 aliphatic rings. The van der Waals surface area contributed by atoms with Crippen LogP contribution in [0.15, 0.2) is 23.2 Å². The molecule has 1 fully saturated rings. The van der Waals surface area contributed by atoms with Crippen LogP contribution in [-0.2, 0) is 4.74 Å². The number of nitrogens with zero attached hydrogens (tertiary/aromatic N) is 1. The number of guanidine groups is 1. The van der Waals surface area contributed by atoms with Crippen LogP contribution in [0.3, 0.4) is 0 Å². The topological polar surface area (TPSA) is 45.7 Å². The summed E-state index contributed by atoms with van der Waals surface area (Å²) in [7, 11) is 3.49. The summed E-state index contributed by atoms with van der Waals surface area (Å²) in [5.74, 6) is -0.844. The normalized spacial score (nSPS) is 17.3. The summed E-state index contributed by atoms with van der Waals surface area (Å²) in [6.07, 6.45) is 6.02. The Bertz CT molecular complexity index is 607. The van der Waals surface area contributed by atoms with Crippen LogP contribution >= 0.6 is 24.0 Å². The summed E-state index contributed by atoms with van der Waals surface area (Å²) in [6.45, 7) is 4.22. The minimum atomic E-state index is -0.815. The highest BCUT2D eigenvalue weighted by atomic mass is 127. The highest BCUT2D eigenvalue weighted by Gasteiger charge is 2.33. The third-order valence-corrected chi connectivity index (χ3v) is 5.44. The zero-order valence-electron chi connectivity index (χ0n) is 16.5. The summed E-state index contributed by atoms with van der Waals surface area (Å²) in [5.41, 5.74) is 1.04. The quantitative estimate of drug-likeness (QED) is 0.318. The Morgan fingerprint density at radius 1 is 1.22 bits per heavy atom. The van der Waals surface area contributed by atoms with Crippen molar-refractivity contribution in [2.45, 2.75) is 44.9 Å². The molecule has 0 saturated heterocycles. The van der Waals surface area contributed by atoms with Gasteiger partial charge in [-0.05, 0) is 48.3 Å². The van der Waals surface area contributed by atoms with Crippen molar-refractivity contribution >= 4 is 29.9 Å². The molecule has 154 valence electrons. The molecule has 2 rings (SSSR count). The first kappa shape index (κ1) is 24.1. The Morgan fingerprint density at radius 3 is 2.52 bits per heavy atom. The molecule has 0 radical (unpaired) electrons. The smallest absolute Gasteiger partial charge is 0.191 e. The van der Waals surface area contributed by atoms with Crippen molar-refractivity contribution in [3.8, 4) is 0 Å². The van der Waals surface area contributed by atoms with Crippen LogP contribution in [-0.4, -0.2) is 39.8 Å². The van der Waals surface area contributed by atoms with Crippen LogP contribution in [0.25, 0.3) is 0 Å². The third-order valence-electron chi connectivity index (χ3n) is 5.44. The molecule has 0 spiro atoms. The molecule has 1 aromatic rings. The molecule has 2 N–H and O–H groups in total. The van der Waals surface area contributed by atoms with Crippen LogP contribution in [0.4, 0.5) is 8.78 Å². The molecule has 0 bridgehead atoms. The fourth-order valence-electron chi connectivity index (χ4n) is 3.64. The summed E-state index contributed by atoms with van der Waals surface area (Å²) in [4.78, 5) is 4.29. The SMILES string of the molecule is CN=C(NCC(C)c1ccc(F)c(F)c1)NCC1(CCOC)CCCC1.I. The molecule has 27 heavy (non-hydrogen) atoms. The molecule has 1 saturated carbocycles. The summed E-state index contributed by atoms with van der Waals surface area (Å²) in [5, 5.41) is 6.73. The number of nitrogens with one attached hydrogen (secondary N) is 2. The molecule has 0 amide bonds. The Balaban J connectivity index is 0.00000364. The Hall–Kier alpha value is -0.960. The lowest BCUT2D eigenvalue weighted by molar-refractivity contribution is 0.138. The van der Waals surface area contributed by atoms with E-state index in [1.165, 1.54) is 37.8 Å². The molecule has 1 aliphatic carbocycles. The van der Waals surface area contributed by atoms with E-state index in [0.717, 1.165) is 31.1 Å². The minimum Gasteiger partial charge on any atom is -0.385 e. The number of halogens is 3. The monoisotopic (exact) mass is 495 g/mol. The van der Waals surface area contributed by atoms with E-state index in [0.29, 0.717) is 6.54 Å². The number of aliphatic imine (C=N–C) groups is 1. The lowest BCUT2D eigenvalue weighted by Crippen LogP contribution is -2.44. The van der Waals surface area contributed by atoms with Gasteiger partial charge in [0.15, 0.2) is 17.6 Å². The van der Waals surface area contributed by atoms with E-state index in [2.05, 4.69) is 15.6 Å².